The summed E-state index contributed by atoms with van der Waals surface area (Å²) < 4.78 is 127. The summed E-state index contributed by atoms with van der Waals surface area (Å²) in [7, 11) is -1.38. The minimum Gasteiger partial charge on any atom is -0.399 e. The molecule has 1 aromatic carbocycles. The SMILES string of the molecule is [2H]c1c([2H])c(N2C([2H])([2H])C([2H])([2H])NC([2H])([2H])C2([2H])C([2H])([2H])[2H])c([2H])c([2H])c1B1OC(C)(C)C(C)(C)O1. The van der Waals surface area contributed by atoms with Gasteiger partial charge >= 0.3 is 7.12 Å². The van der Waals surface area contributed by atoms with E-state index in [9.17, 15) is 0 Å². The van der Waals surface area contributed by atoms with Gasteiger partial charge in [0.2, 0.25) is 0 Å². The third-order valence-electron chi connectivity index (χ3n) is 3.98. The lowest BCUT2D eigenvalue weighted by molar-refractivity contribution is 0.00578. The van der Waals surface area contributed by atoms with E-state index in [0.717, 1.165) is 0 Å². The van der Waals surface area contributed by atoms with Crippen LogP contribution in [0.25, 0.3) is 0 Å². The number of piperazine rings is 1. The van der Waals surface area contributed by atoms with Crippen LogP contribution in [0, 0.1) is 0 Å². The predicted molar refractivity (Wildman–Crippen MR) is 91.8 cm³/mol. The van der Waals surface area contributed by atoms with E-state index in [1.54, 1.807) is 33.0 Å². The highest BCUT2D eigenvalue weighted by Crippen LogP contribution is 2.36. The van der Waals surface area contributed by atoms with Crippen LogP contribution in [0.3, 0.4) is 0 Å². The normalized spacial score (nSPS) is 47.3. The lowest BCUT2D eigenvalue weighted by atomic mass is 9.79. The first-order chi connectivity index (χ1) is 15.8. The van der Waals surface area contributed by atoms with Crippen molar-refractivity contribution in [3.05, 3.63) is 24.2 Å². The molecule has 3 rings (SSSR count). The molecule has 1 atom stereocenters. The summed E-state index contributed by atoms with van der Waals surface area (Å²) in [5.41, 5.74) is -3.28. The van der Waals surface area contributed by atoms with Crippen LogP contribution in [-0.2, 0) is 9.31 Å². The van der Waals surface area contributed by atoms with Crippen molar-refractivity contribution in [1.82, 2.24) is 5.32 Å². The van der Waals surface area contributed by atoms with Gasteiger partial charge in [-0.1, -0.05) is 12.1 Å². The van der Waals surface area contributed by atoms with Gasteiger partial charge in [0, 0.05) is 40.8 Å². The van der Waals surface area contributed by atoms with Crippen molar-refractivity contribution in [3.63, 3.8) is 0 Å². The molecule has 2 heterocycles. The fraction of sp³-hybridized carbons (Fsp3) is 0.647. The van der Waals surface area contributed by atoms with Gasteiger partial charge in [-0.2, -0.15) is 0 Å². The average molecular weight is 316 g/mol. The zero-order valence-corrected chi connectivity index (χ0v) is 12.8. The van der Waals surface area contributed by atoms with Crippen LogP contribution in [0.1, 0.15) is 53.7 Å². The fourth-order valence-corrected chi connectivity index (χ4v) is 1.96. The van der Waals surface area contributed by atoms with E-state index in [1.165, 1.54) is 0 Å². The molecule has 120 valence electrons. The first kappa shape index (κ1) is 6.12. The van der Waals surface area contributed by atoms with Crippen LogP contribution in [0.2, 0.25) is 0 Å². The molecule has 2 aliphatic rings. The van der Waals surface area contributed by atoms with Gasteiger partial charge < -0.3 is 19.5 Å². The number of rotatable bonds is 2. The fourth-order valence-electron chi connectivity index (χ4n) is 1.96. The summed E-state index contributed by atoms with van der Waals surface area (Å²) in [6, 6.07) is -7.25. The first-order valence-corrected chi connectivity index (χ1v) is 6.84. The number of hydrogen-bond acceptors (Lipinski definition) is 4. The molecule has 2 saturated heterocycles. The second-order valence-corrected chi connectivity index (χ2v) is 6.02. The maximum Gasteiger partial charge on any atom is 0.494 e. The molecule has 0 radical (unpaired) electrons. The summed E-state index contributed by atoms with van der Waals surface area (Å²) in [4.78, 5) is -0.141. The zero-order chi connectivity index (χ0) is 28.2. The molecule has 0 saturated carbocycles. The van der Waals surface area contributed by atoms with E-state index in [2.05, 4.69) is 0 Å². The minimum atomic E-state index is -3.65. The number of hydrogen-bond donors (Lipinski definition) is 1. The van der Waals surface area contributed by atoms with E-state index >= 15 is 0 Å². The lowest BCUT2D eigenvalue weighted by Crippen LogP contribution is -2.50. The van der Waals surface area contributed by atoms with E-state index in [1.807, 2.05) is 0 Å². The average Bonchev–Trinajstić information content (AvgIpc) is 2.87. The molecule has 0 spiro atoms. The zero-order valence-electron chi connectivity index (χ0n) is 26.8. The molecule has 22 heavy (non-hydrogen) atoms. The summed E-state index contributed by atoms with van der Waals surface area (Å²) in [6.45, 7) is -7.15. The van der Waals surface area contributed by atoms with Gasteiger partial charge in [-0.05, 0) is 52.1 Å². The maximum absolute atomic E-state index is 8.64. The highest BCUT2D eigenvalue weighted by atomic mass is 16.7. The Balaban J connectivity index is 2.37. The van der Waals surface area contributed by atoms with E-state index in [-0.39, 0.29) is 10.4 Å². The molecular formula is C17H27BN2O2. The quantitative estimate of drug-likeness (QED) is 0.844. The number of anilines is 1. The number of nitrogens with zero attached hydrogens (tertiary/aromatic N) is 1. The van der Waals surface area contributed by atoms with Gasteiger partial charge in [0.1, 0.15) is 0 Å². The Bertz CT molecular complexity index is 1050. The van der Waals surface area contributed by atoms with Gasteiger partial charge in [-0.3, -0.25) is 0 Å². The first-order valence-electron chi connectivity index (χ1n) is 13.8. The lowest BCUT2D eigenvalue weighted by Gasteiger charge is -2.36. The molecule has 2 aliphatic heterocycles. The highest BCUT2D eigenvalue weighted by molar-refractivity contribution is 6.62. The summed E-state index contributed by atoms with van der Waals surface area (Å²) >= 11 is 0. The molecular weight excluding hydrogens is 275 g/mol. The van der Waals surface area contributed by atoms with Gasteiger partial charge in [0.05, 0.1) is 20.8 Å². The molecule has 0 aromatic heterocycles. The molecule has 4 nitrogen and oxygen atoms in total. The van der Waals surface area contributed by atoms with Crippen LogP contribution in [0.5, 0.6) is 0 Å². The molecule has 0 aliphatic carbocycles. The van der Waals surface area contributed by atoms with Crippen LogP contribution in [0.4, 0.5) is 5.69 Å². The smallest absolute Gasteiger partial charge is 0.399 e. The second kappa shape index (κ2) is 5.55. The Labute approximate surface area is 154 Å². The standard InChI is InChI=1S/C17H27BN2O2/c1-13-12-19-10-11-20(13)15-8-6-14(7-9-15)18-21-16(2,3)17(4,5)22-18/h6-9,13,19H,10-12H2,1-5H3/i1D3,6D,7D,8D,9D,10D2,11D2,12D2,13D. The van der Waals surface area contributed by atoms with Crippen molar-refractivity contribution in [3.8, 4) is 0 Å². The number of benzene rings is 1. The summed E-state index contributed by atoms with van der Waals surface area (Å²) in [6.07, 6.45) is 0. The monoisotopic (exact) mass is 316 g/mol. The third-order valence-corrected chi connectivity index (χ3v) is 3.98. The Hall–Kier alpha value is -1.04. The second-order valence-electron chi connectivity index (χ2n) is 6.02. The Kier molecular flexibility index (Phi) is 1.54. The Morgan fingerprint density at radius 3 is 2.55 bits per heavy atom. The van der Waals surface area contributed by atoms with Crippen molar-refractivity contribution >= 4 is 18.3 Å². The van der Waals surface area contributed by atoms with Crippen molar-refractivity contribution in [2.45, 2.75) is 51.8 Å². The van der Waals surface area contributed by atoms with Crippen molar-refractivity contribution in [1.29, 1.82) is 0 Å². The Morgan fingerprint density at radius 2 is 1.95 bits per heavy atom. The molecule has 1 aromatic rings. The van der Waals surface area contributed by atoms with Crippen molar-refractivity contribution < 1.29 is 28.5 Å². The largest absolute Gasteiger partial charge is 0.494 e. The van der Waals surface area contributed by atoms with E-state index in [0.29, 0.717) is 0 Å². The van der Waals surface area contributed by atoms with Crippen LogP contribution < -0.4 is 15.7 Å². The van der Waals surface area contributed by atoms with Gasteiger partial charge in [-0.15, -0.1) is 0 Å². The maximum atomic E-state index is 8.64. The molecule has 1 unspecified atom stereocenters. The van der Waals surface area contributed by atoms with Crippen LogP contribution >= 0.6 is 0 Å². The summed E-state index contributed by atoms with van der Waals surface area (Å²) in [5.74, 6) is 0. The molecule has 5 heteroatoms. The summed E-state index contributed by atoms with van der Waals surface area (Å²) in [5, 5.41) is 1.61. The predicted octanol–water partition coefficient (Wildman–Crippen LogP) is 1.78. The van der Waals surface area contributed by atoms with Crippen LogP contribution in [0.15, 0.2) is 24.2 Å². The highest BCUT2D eigenvalue weighted by Gasteiger charge is 2.51. The molecule has 0 amide bonds. The third kappa shape index (κ3) is 2.77. The van der Waals surface area contributed by atoms with E-state index < -0.39 is 80.5 Å². The molecule has 0 bridgehead atoms. The van der Waals surface area contributed by atoms with Crippen LogP contribution in [-0.4, -0.2) is 43.8 Å². The van der Waals surface area contributed by atoms with Crippen molar-refractivity contribution in [2.24, 2.45) is 0 Å². The minimum absolute atomic E-state index is 0.141. The van der Waals surface area contributed by atoms with Crippen molar-refractivity contribution in [2.75, 3.05) is 24.4 Å². The van der Waals surface area contributed by atoms with E-state index in [4.69, 9.17) is 28.5 Å². The topological polar surface area (TPSA) is 33.7 Å². The van der Waals surface area contributed by atoms with Gasteiger partial charge in [0.25, 0.3) is 0 Å². The van der Waals surface area contributed by atoms with Gasteiger partial charge in [-0.25, -0.2) is 0 Å². The molecule has 1 N–H and O–H groups in total. The number of nitrogens with one attached hydrogen (secondary N) is 1. The molecule has 2 fully saturated rings. The Morgan fingerprint density at radius 1 is 1.32 bits per heavy atom. The van der Waals surface area contributed by atoms with Gasteiger partial charge in [0.15, 0.2) is 0 Å².